The average Bonchev–Trinajstić information content (AvgIpc) is 2.37. The van der Waals surface area contributed by atoms with Crippen molar-refractivity contribution in [2.75, 3.05) is 12.4 Å². The van der Waals surface area contributed by atoms with Gasteiger partial charge in [0.15, 0.2) is 0 Å². The molecule has 0 aliphatic carbocycles. The SMILES string of the molecule is CCC(=O)C(=O)Nc1ccc(OC)cc1C(=O)O. The quantitative estimate of drug-likeness (QED) is 0.770. The van der Waals surface area contributed by atoms with Crippen molar-refractivity contribution in [3.63, 3.8) is 0 Å². The molecule has 1 aromatic rings. The van der Waals surface area contributed by atoms with Gasteiger partial charge in [0.25, 0.3) is 5.91 Å². The minimum Gasteiger partial charge on any atom is -0.497 e. The smallest absolute Gasteiger partial charge is 0.337 e. The number of hydrogen-bond donors (Lipinski definition) is 2. The molecular formula is C12H13NO5. The molecule has 0 saturated heterocycles. The Morgan fingerprint density at radius 3 is 2.50 bits per heavy atom. The normalized spacial score (nSPS) is 9.67. The number of rotatable bonds is 5. The number of methoxy groups -OCH3 is 1. The Kier molecular flexibility index (Phi) is 4.42. The molecule has 0 atom stereocenters. The van der Waals surface area contributed by atoms with E-state index in [9.17, 15) is 14.4 Å². The van der Waals surface area contributed by atoms with Crippen LogP contribution in [-0.4, -0.2) is 29.9 Å². The van der Waals surface area contributed by atoms with Gasteiger partial charge in [-0.05, 0) is 18.2 Å². The number of aromatic carboxylic acids is 1. The monoisotopic (exact) mass is 251 g/mol. The van der Waals surface area contributed by atoms with Gasteiger partial charge in [-0.3, -0.25) is 9.59 Å². The maximum atomic E-state index is 11.4. The predicted molar refractivity (Wildman–Crippen MR) is 63.9 cm³/mol. The van der Waals surface area contributed by atoms with E-state index in [4.69, 9.17) is 9.84 Å². The molecule has 0 spiro atoms. The fraction of sp³-hybridized carbons (Fsp3) is 0.250. The molecule has 6 nitrogen and oxygen atoms in total. The summed E-state index contributed by atoms with van der Waals surface area (Å²) >= 11 is 0. The number of carboxylic acids is 1. The molecule has 0 aliphatic heterocycles. The summed E-state index contributed by atoms with van der Waals surface area (Å²) in [4.78, 5) is 33.5. The van der Waals surface area contributed by atoms with Crippen LogP contribution in [0.1, 0.15) is 23.7 Å². The van der Waals surface area contributed by atoms with Crippen LogP contribution in [0.2, 0.25) is 0 Å². The summed E-state index contributed by atoms with van der Waals surface area (Å²) in [6.07, 6.45) is 0.0599. The van der Waals surface area contributed by atoms with E-state index < -0.39 is 17.7 Å². The van der Waals surface area contributed by atoms with Crippen LogP contribution in [0.15, 0.2) is 18.2 Å². The standard InChI is InChI=1S/C12H13NO5/c1-3-10(14)11(15)13-9-5-4-7(18-2)6-8(9)12(16)17/h4-6H,3H2,1-2H3,(H,13,15)(H,16,17). The summed E-state index contributed by atoms with van der Waals surface area (Å²) in [6, 6.07) is 4.15. The van der Waals surface area contributed by atoms with E-state index in [0.717, 1.165) is 0 Å². The van der Waals surface area contributed by atoms with Gasteiger partial charge in [-0.15, -0.1) is 0 Å². The Labute approximate surface area is 104 Å². The second kappa shape index (κ2) is 5.81. The third-order valence-electron chi connectivity index (χ3n) is 2.28. The van der Waals surface area contributed by atoms with Crippen molar-refractivity contribution in [2.45, 2.75) is 13.3 Å². The Morgan fingerprint density at radius 2 is 2.00 bits per heavy atom. The summed E-state index contributed by atoms with van der Waals surface area (Å²) < 4.78 is 4.89. The number of ether oxygens (including phenoxy) is 1. The van der Waals surface area contributed by atoms with E-state index in [1.807, 2.05) is 0 Å². The molecule has 2 N–H and O–H groups in total. The van der Waals surface area contributed by atoms with Crippen molar-refractivity contribution in [2.24, 2.45) is 0 Å². The molecule has 0 heterocycles. The van der Waals surface area contributed by atoms with E-state index in [1.165, 1.54) is 25.3 Å². The maximum Gasteiger partial charge on any atom is 0.337 e. The number of carboxylic acid groups (broad SMARTS) is 1. The van der Waals surface area contributed by atoms with E-state index in [2.05, 4.69) is 5.32 Å². The summed E-state index contributed by atoms with van der Waals surface area (Å²) in [7, 11) is 1.40. The first-order valence-electron chi connectivity index (χ1n) is 5.25. The van der Waals surface area contributed by atoms with E-state index in [0.29, 0.717) is 5.75 Å². The molecule has 18 heavy (non-hydrogen) atoms. The number of benzene rings is 1. The minimum atomic E-state index is -1.21. The largest absolute Gasteiger partial charge is 0.497 e. The molecule has 0 unspecified atom stereocenters. The summed E-state index contributed by atoms with van der Waals surface area (Å²) in [5.74, 6) is -2.30. The van der Waals surface area contributed by atoms with Crippen LogP contribution >= 0.6 is 0 Å². The fourth-order valence-corrected chi connectivity index (χ4v) is 1.29. The zero-order valence-corrected chi connectivity index (χ0v) is 10.0. The van der Waals surface area contributed by atoms with Gasteiger partial charge >= 0.3 is 5.97 Å². The van der Waals surface area contributed by atoms with E-state index >= 15 is 0 Å². The molecule has 1 amide bonds. The number of Topliss-reactive ketones (excluding diaryl/α,β-unsaturated/α-hetero) is 1. The number of carbonyl (C=O) groups is 3. The van der Waals surface area contributed by atoms with Crippen LogP contribution in [-0.2, 0) is 9.59 Å². The van der Waals surface area contributed by atoms with Gasteiger partial charge in [-0.1, -0.05) is 6.92 Å². The number of amides is 1. The molecule has 1 rings (SSSR count). The third kappa shape index (κ3) is 3.07. The highest BCUT2D eigenvalue weighted by Crippen LogP contribution is 2.22. The number of nitrogens with one attached hydrogen (secondary N) is 1. The average molecular weight is 251 g/mol. The van der Waals surface area contributed by atoms with Gasteiger partial charge in [-0.2, -0.15) is 0 Å². The lowest BCUT2D eigenvalue weighted by molar-refractivity contribution is -0.134. The van der Waals surface area contributed by atoms with Crippen LogP contribution < -0.4 is 10.1 Å². The molecular weight excluding hydrogens is 238 g/mol. The Hall–Kier alpha value is -2.37. The lowest BCUT2D eigenvalue weighted by Crippen LogP contribution is -2.23. The van der Waals surface area contributed by atoms with Crippen molar-refractivity contribution < 1.29 is 24.2 Å². The highest BCUT2D eigenvalue weighted by atomic mass is 16.5. The Bertz CT molecular complexity index is 495. The van der Waals surface area contributed by atoms with Crippen molar-refractivity contribution in [1.29, 1.82) is 0 Å². The highest BCUT2D eigenvalue weighted by molar-refractivity contribution is 6.40. The van der Waals surface area contributed by atoms with Crippen molar-refractivity contribution >= 4 is 23.3 Å². The van der Waals surface area contributed by atoms with Gasteiger partial charge < -0.3 is 15.2 Å². The lowest BCUT2D eigenvalue weighted by atomic mass is 10.1. The fourth-order valence-electron chi connectivity index (χ4n) is 1.29. The first-order chi connectivity index (χ1) is 8.49. The van der Waals surface area contributed by atoms with E-state index in [-0.39, 0.29) is 17.7 Å². The van der Waals surface area contributed by atoms with E-state index in [1.54, 1.807) is 6.92 Å². The van der Waals surface area contributed by atoms with Crippen molar-refractivity contribution in [3.8, 4) is 5.75 Å². The first-order valence-corrected chi connectivity index (χ1v) is 5.25. The summed E-state index contributed by atoms with van der Waals surface area (Å²) in [5.41, 5.74) is -0.0679. The second-order valence-electron chi connectivity index (χ2n) is 3.45. The second-order valence-corrected chi connectivity index (χ2v) is 3.45. The van der Waals surface area contributed by atoms with Gasteiger partial charge in [0.05, 0.1) is 18.4 Å². The topological polar surface area (TPSA) is 92.7 Å². The van der Waals surface area contributed by atoms with Gasteiger partial charge in [0, 0.05) is 6.42 Å². The molecule has 0 fully saturated rings. The number of hydrogen-bond acceptors (Lipinski definition) is 4. The molecule has 1 aromatic carbocycles. The van der Waals surface area contributed by atoms with Gasteiger partial charge in [-0.25, -0.2) is 4.79 Å². The van der Waals surface area contributed by atoms with Crippen molar-refractivity contribution in [3.05, 3.63) is 23.8 Å². The van der Waals surface area contributed by atoms with Gasteiger partial charge in [0.2, 0.25) is 5.78 Å². The minimum absolute atomic E-state index is 0.0599. The predicted octanol–water partition coefficient (Wildman–Crippen LogP) is 1.31. The van der Waals surface area contributed by atoms with Crippen molar-refractivity contribution in [1.82, 2.24) is 0 Å². The molecule has 6 heteroatoms. The first kappa shape index (κ1) is 13.7. The lowest BCUT2D eigenvalue weighted by Gasteiger charge is -2.09. The summed E-state index contributed by atoms with van der Waals surface area (Å²) in [5, 5.41) is 11.3. The Balaban J connectivity index is 3.05. The van der Waals surface area contributed by atoms with Crippen LogP contribution in [0.25, 0.3) is 0 Å². The molecule has 0 saturated carbocycles. The molecule has 96 valence electrons. The number of carbonyl (C=O) groups excluding carboxylic acids is 2. The molecule has 0 aliphatic rings. The zero-order valence-electron chi connectivity index (χ0n) is 10.0. The van der Waals surface area contributed by atoms with Crippen LogP contribution in [0.4, 0.5) is 5.69 Å². The van der Waals surface area contributed by atoms with Crippen LogP contribution in [0.3, 0.4) is 0 Å². The highest BCUT2D eigenvalue weighted by Gasteiger charge is 2.17. The molecule has 0 radical (unpaired) electrons. The summed E-state index contributed by atoms with van der Waals surface area (Å²) in [6.45, 7) is 1.55. The van der Waals surface area contributed by atoms with Crippen LogP contribution in [0.5, 0.6) is 5.75 Å². The van der Waals surface area contributed by atoms with Crippen LogP contribution in [0, 0.1) is 0 Å². The zero-order chi connectivity index (χ0) is 13.7. The third-order valence-corrected chi connectivity index (χ3v) is 2.28. The Morgan fingerprint density at radius 1 is 1.33 bits per heavy atom. The maximum absolute atomic E-state index is 11.4. The number of ketones is 1. The number of anilines is 1. The molecule has 0 aromatic heterocycles. The van der Waals surface area contributed by atoms with Gasteiger partial charge in [0.1, 0.15) is 5.75 Å². The molecule has 0 bridgehead atoms.